The molecule has 0 bridgehead atoms. The van der Waals surface area contributed by atoms with Gasteiger partial charge in [-0.15, -0.1) is 0 Å². The SMILES string of the molecule is CC(=O)C1CCN1C(=O)O. The first-order valence-corrected chi connectivity index (χ1v) is 3.13. The Bertz CT molecular complexity index is 158. The Kier molecular flexibility index (Phi) is 1.61. The van der Waals surface area contributed by atoms with Gasteiger partial charge in [0, 0.05) is 6.54 Å². The molecule has 0 spiro atoms. The summed E-state index contributed by atoms with van der Waals surface area (Å²) >= 11 is 0. The minimum atomic E-state index is -0.994. The molecule has 1 N–H and O–H groups in total. The number of rotatable bonds is 1. The lowest BCUT2D eigenvalue weighted by molar-refractivity contribution is -0.125. The zero-order valence-corrected chi connectivity index (χ0v) is 5.70. The summed E-state index contributed by atoms with van der Waals surface area (Å²) in [5, 5.41) is 8.43. The van der Waals surface area contributed by atoms with Crippen molar-refractivity contribution in [2.75, 3.05) is 6.54 Å². The van der Waals surface area contributed by atoms with Gasteiger partial charge in [0.1, 0.15) is 0 Å². The molecule has 0 aromatic carbocycles. The van der Waals surface area contributed by atoms with Crippen molar-refractivity contribution in [3.63, 3.8) is 0 Å². The van der Waals surface area contributed by atoms with Crippen LogP contribution >= 0.6 is 0 Å². The number of amides is 1. The molecule has 0 saturated carbocycles. The molecule has 1 unspecified atom stereocenters. The number of likely N-dealkylation sites (tertiary alicyclic amines) is 1. The number of carbonyl (C=O) groups excluding carboxylic acids is 1. The van der Waals surface area contributed by atoms with Crippen LogP contribution in [0.1, 0.15) is 13.3 Å². The molecule has 1 amide bonds. The molecular weight excluding hydrogens is 134 g/mol. The summed E-state index contributed by atoms with van der Waals surface area (Å²) in [6.07, 6.45) is -0.312. The molecule has 1 saturated heterocycles. The Labute approximate surface area is 58.4 Å². The molecule has 0 aromatic heterocycles. The second kappa shape index (κ2) is 2.28. The van der Waals surface area contributed by atoms with Gasteiger partial charge in [-0.1, -0.05) is 0 Å². The number of hydrogen-bond acceptors (Lipinski definition) is 2. The Balaban J connectivity index is 2.51. The van der Waals surface area contributed by atoms with Crippen molar-refractivity contribution < 1.29 is 14.7 Å². The Morgan fingerprint density at radius 1 is 1.60 bits per heavy atom. The number of ketones is 1. The first-order chi connectivity index (χ1) is 4.63. The molecule has 1 fully saturated rings. The molecule has 1 aliphatic rings. The average molecular weight is 143 g/mol. The van der Waals surface area contributed by atoms with Crippen LogP contribution in [0.3, 0.4) is 0 Å². The summed E-state index contributed by atoms with van der Waals surface area (Å²) < 4.78 is 0. The zero-order valence-electron chi connectivity index (χ0n) is 5.70. The monoisotopic (exact) mass is 143 g/mol. The summed E-state index contributed by atoms with van der Waals surface area (Å²) in [6, 6.07) is -0.363. The van der Waals surface area contributed by atoms with Gasteiger partial charge in [0.15, 0.2) is 5.78 Å². The summed E-state index contributed by atoms with van der Waals surface area (Å²) in [5.74, 6) is -0.0614. The Morgan fingerprint density at radius 2 is 2.20 bits per heavy atom. The van der Waals surface area contributed by atoms with Gasteiger partial charge >= 0.3 is 6.09 Å². The zero-order chi connectivity index (χ0) is 7.72. The normalized spacial score (nSPS) is 23.7. The van der Waals surface area contributed by atoms with Gasteiger partial charge in [-0.2, -0.15) is 0 Å². The molecule has 0 aliphatic carbocycles. The fourth-order valence-electron chi connectivity index (χ4n) is 1.04. The Hall–Kier alpha value is -1.06. The van der Waals surface area contributed by atoms with Crippen molar-refractivity contribution in [1.29, 1.82) is 0 Å². The molecule has 1 aliphatic heterocycles. The van der Waals surface area contributed by atoms with Crippen LogP contribution in [0.15, 0.2) is 0 Å². The van der Waals surface area contributed by atoms with E-state index in [0.29, 0.717) is 13.0 Å². The van der Waals surface area contributed by atoms with E-state index in [9.17, 15) is 9.59 Å². The molecular formula is C6H9NO3. The predicted molar refractivity (Wildman–Crippen MR) is 33.8 cm³/mol. The van der Waals surface area contributed by atoms with Crippen LogP contribution in [0.4, 0.5) is 4.79 Å². The van der Waals surface area contributed by atoms with Crippen LogP contribution in [0.2, 0.25) is 0 Å². The van der Waals surface area contributed by atoms with E-state index in [-0.39, 0.29) is 11.8 Å². The third kappa shape index (κ3) is 0.964. The summed E-state index contributed by atoms with van der Waals surface area (Å²) in [5.41, 5.74) is 0. The first kappa shape index (κ1) is 7.05. The van der Waals surface area contributed by atoms with Crippen molar-refractivity contribution in [2.45, 2.75) is 19.4 Å². The standard InChI is InChI=1S/C6H9NO3/c1-4(8)5-2-3-7(5)6(9)10/h5H,2-3H2,1H3,(H,9,10). The van der Waals surface area contributed by atoms with Crippen molar-refractivity contribution in [3.8, 4) is 0 Å². The van der Waals surface area contributed by atoms with Gasteiger partial charge in [0.2, 0.25) is 0 Å². The number of Topliss-reactive ketones (excluding diaryl/α,β-unsaturated/α-hetero) is 1. The smallest absolute Gasteiger partial charge is 0.407 e. The highest BCUT2D eigenvalue weighted by Gasteiger charge is 2.34. The molecule has 1 rings (SSSR count). The predicted octanol–water partition coefficient (Wildman–Crippen LogP) is 0.328. The molecule has 0 aromatic rings. The first-order valence-electron chi connectivity index (χ1n) is 3.13. The van der Waals surface area contributed by atoms with E-state index in [0.717, 1.165) is 4.90 Å². The fraction of sp³-hybridized carbons (Fsp3) is 0.667. The second-order valence-electron chi connectivity index (χ2n) is 2.39. The van der Waals surface area contributed by atoms with Gasteiger partial charge in [0.25, 0.3) is 0 Å². The molecule has 4 heteroatoms. The largest absolute Gasteiger partial charge is 0.465 e. The van der Waals surface area contributed by atoms with Crippen molar-refractivity contribution in [2.24, 2.45) is 0 Å². The highest BCUT2D eigenvalue weighted by molar-refractivity contribution is 5.86. The van der Waals surface area contributed by atoms with Gasteiger partial charge in [-0.25, -0.2) is 4.79 Å². The van der Waals surface area contributed by atoms with Crippen LogP contribution in [0.5, 0.6) is 0 Å². The third-order valence-corrected chi connectivity index (χ3v) is 1.73. The van der Waals surface area contributed by atoms with E-state index in [1.807, 2.05) is 0 Å². The minimum Gasteiger partial charge on any atom is -0.465 e. The quantitative estimate of drug-likeness (QED) is 0.575. The highest BCUT2D eigenvalue weighted by atomic mass is 16.4. The lowest BCUT2D eigenvalue weighted by atomic mass is 10.0. The van der Waals surface area contributed by atoms with Gasteiger partial charge < -0.3 is 5.11 Å². The molecule has 4 nitrogen and oxygen atoms in total. The maximum Gasteiger partial charge on any atom is 0.407 e. The topological polar surface area (TPSA) is 57.6 Å². The summed E-state index contributed by atoms with van der Waals surface area (Å²) in [4.78, 5) is 22.1. The number of hydrogen-bond donors (Lipinski definition) is 1. The molecule has 1 heterocycles. The summed E-state index contributed by atoms with van der Waals surface area (Å²) in [6.45, 7) is 1.92. The lowest BCUT2D eigenvalue weighted by Gasteiger charge is -2.36. The maximum atomic E-state index is 10.6. The van der Waals surface area contributed by atoms with Crippen LogP contribution in [0, 0.1) is 0 Å². The van der Waals surface area contributed by atoms with E-state index in [2.05, 4.69) is 0 Å². The van der Waals surface area contributed by atoms with E-state index < -0.39 is 6.09 Å². The molecule has 10 heavy (non-hydrogen) atoms. The summed E-state index contributed by atoms with van der Waals surface area (Å²) in [7, 11) is 0. The van der Waals surface area contributed by atoms with Crippen LogP contribution in [0.25, 0.3) is 0 Å². The molecule has 0 radical (unpaired) electrons. The van der Waals surface area contributed by atoms with Crippen molar-refractivity contribution in [1.82, 2.24) is 4.90 Å². The molecule has 56 valence electrons. The van der Waals surface area contributed by atoms with Crippen molar-refractivity contribution in [3.05, 3.63) is 0 Å². The molecule has 1 atom stereocenters. The van der Waals surface area contributed by atoms with Crippen LogP contribution < -0.4 is 0 Å². The maximum absolute atomic E-state index is 10.6. The number of carboxylic acid groups (broad SMARTS) is 1. The van der Waals surface area contributed by atoms with Crippen LogP contribution in [-0.2, 0) is 4.79 Å². The highest BCUT2D eigenvalue weighted by Crippen LogP contribution is 2.17. The third-order valence-electron chi connectivity index (χ3n) is 1.73. The van der Waals surface area contributed by atoms with E-state index in [1.54, 1.807) is 0 Å². The van der Waals surface area contributed by atoms with Gasteiger partial charge in [-0.3, -0.25) is 9.69 Å². The average Bonchev–Trinajstić information content (AvgIpc) is 1.56. The van der Waals surface area contributed by atoms with Crippen molar-refractivity contribution >= 4 is 11.9 Å². The van der Waals surface area contributed by atoms with E-state index >= 15 is 0 Å². The van der Waals surface area contributed by atoms with Gasteiger partial charge in [-0.05, 0) is 13.3 Å². The fourth-order valence-corrected chi connectivity index (χ4v) is 1.04. The Morgan fingerprint density at radius 3 is 2.30 bits per heavy atom. The van der Waals surface area contributed by atoms with Crippen LogP contribution in [-0.4, -0.2) is 34.5 Å². The van der Waals surface area contributed by atoms with E-state index in [4.69, 9.17) is 5.11 Å². The second-order valence-corrected chi connectivity index (χ2v) is 2.39. The van der Waals surface area contributed by atoms with E-state index in [1.165, 1.54) is 6.92 Å². The number of nitrogens with zero attached hydrogens (tertiary/aromatic N) is 1. The lowest BCUT2D eigenvalue weighted by Crippen LogP contribution is -2.53. The minimum absolute atomic E-state index is 0.0614. The van der Waals surface area contributed by atoms with Gasteiger partial charge in [0.05, 0.1) is 6.04 Å². The number of carbonyl (C=O) groups is 2.